The normalized spacial score (nSPS) is 26.8. The molecule has 1 saturated heterocycles. The molecule has 0 aromatic carbocycles. The molecule has 1 amide bonds. The second-order valence-electron chi connectivity index (χ2n) is 2.75. The Morgan fingerprint density at radius 3 is 2.80 bits per heavy atom. The lowest BCUT2D eigenvalue weighted by molar-refractivity contribution is -0.124. The standard InChI is InChI=1S/C7H14N2O/c1-8-7(10)6-4-3-5-9(6)2/h6H,3-5H2,1-2H3,(H,8,10). The molecule has 3 heteroatoms. The zero-order chi connectivity index (χ0) is 7.56. The van der Waals surface area contributed by atoms with E-state index in [1.54, 1.807) is 7.05 Å². The van der Waals surface area contributed by atoms with E-state index in [0.29, 0.717) is 0 Å². The minimum absolute atomic E-state index is 0.130. The first kappa shape index (κ1) is 7.54. The highest BCUT2D eigenvalue weighted by Gasteiger charge is 2.26. The first-order chi connectivity index (χ1) is 4.75. The van der Waals surface area contributed by atoms with Gasteiger partial charge in [-0.25, -0.2) is 0 Å². The summed E-state index contributed by atoms with van der Waals surface area (Å²) in [7, 11) is 3.68. The van der Waals surface area contributed by atoms with E-state index in [9.17, 15) is 4.79 Å². The number of likely N-dealkylation sites (tertiary alicyclic amines) is 1. The molecule has 58 valence electrons. The zero-order valence-corrected chi connectivity index (χ0v) is 6.55. The van der Waals surface area contributed by atoms with Gasteiger partial charge in [-0.2, -0.15) is 0 Å². The van der Waals surface area contributed by atoms with Crippen molar-refractivity contribution in [1.82, 2.24) is 10.2 Å². The highest BCUT2D eigenvalue weighted by atomic mass is 16.2. The number of rotatable bonds is 1. The third-order valence-corrected chi connectivity index (χ3v) is 2.07. The van der Waals surface area contributed by atoms with E-state index in [4.69, 9.17) is 0 Å². The maximum absolute atomic E-state index is 11.1. The van der Waals surface area contributed by atoms with E-state index in [-0.39, 0.29) is 11.9 Å². The van der Waals surface area contributed by atoms with Crippen LogP contribution in [-0.2, 0) is 4.79 Å². The van der Waals surface area contributed by atoms with Crippen molar-refractivity contribution in [3.63, 3.8) is 0 Å². The van der Waals surface area contributed by atoms with Gasteiger partial charge in [-0.1, -0.05) is 0 Å². The third kappa shape index (κ3) is 1.29. The summed E-state index contributed by atoms with van der Waals surface area (Å²) in [5.74, 6) is 0.153. The van der Waals surface area contributed by atoms with Crippen molar-refractivity contribution in [3.05, 3.63) is 0 Å². The van der Waals surface area contributed by atoms with Crippen LogP contribution in [0.4, 0.5) is 0 Å². The van der Waals surface area contributed by atoms with Gasteiger partial charge in [0.2, 0.25) is 5.91 Å². The first-order valence-corrected chi connectivity index (χ1v) is 3.67. The minimum atomic E-state index is 0.130. The molecule has 1 rings (SSSR count). The van der Waals surface area contributed by atoms with Gasteiger partial charge in [-0.15, -0.1) is 0 Å². The van der Waals surface area contributed by atoms with E-state index < -0.39 is 0 Å². The number of likely N-dealkylation sites (N-methyl/N-ethyl adjacent to an activating group) is 2. The Morgan fingerprint density at radius 2 is 2.40 bits per heavy atom. The topological polar surface area (TPSA) is 32.3 Å². The lowest BCUT2D eigenvalue weighted by atomic mass is 10.2. The van der Waals surface area contributed by atoms with Crippen LogP contribution in [0.25, 0.3) is 0 Å². The van der Waals surface area contributed by atoms with Gasteiger partial charge < -0.3 is 5.32 Å². The Bertz CT molecular complexity index is 136. The predicted octanol–water partition coefficient (Wildman–Crippen LogP) is -0.173. The van der Waals surface area contributed by atoms with Crippen molar-refractivity contribution < 1.29 is 4.79 Å². The van der Waals surface area contributed by atoms with Gasteiger partial charge in [0.1, 0.15) is 0 Å². The van der Waals surface area contributed by atoms with Crippen molar-refractivity contribution in [2.75, 3.05) is 20.6 Å². The van der Waals surface area contributed by atoms with Crippen LogP contribution in [0, 0.1) is 0 Å². The molecule has 1 unspecified atom stereocenters. The average Bonchev–Trinajstić information content (AvgIpc) is 2.34. The molecule has 3 nitrogen and oxygen atoms in total. The number of hydrogen-bond acceptors (Lipinski definition) is 2. The molecule has 0 aliphatic carbocycles. The third-order valence-electron chi connectivity index (χ3n) is 2.07. The number of hydrogen-bond donors (Lipinski definition) is 1. The van der Waals surface area contributed by atoms with Crippen molar-refractivity contribution in [1.29, 1.82) is 0 Å². The smallest absolute Gasteiger partial charge is 0.237 e. The molecule has 1 N–H and O–H groups in total. The molecule has 1 heterocycles. The highest BCUT2D eigenvalue weighted by Crippen LogP contribution is 2.13. The van der Waals surface area contributed by atoms with Crippen molar-refractivity contribution in [2.45, 2.75) is 18.9 Å². The number of nitrogens with zero attached hydrogens (tertiary/aromatic N) is 1. The molecule has 0 saturated carbocycles. The lowest BCUT2D eigenvalue weighted by Crippen LogP contribution is -2.39. The minimum Gasteiger partial charge on any atom is -0.358 e. The summed E-state index contributed by atoms with van der Waals surface area (Å²) in [4.78, 5) is 13.2. The second-order valence-corrected chi connectivity index (χ2v) is 2.75. The molecular weight excluding hydrogens is 128 g/mol. The zero-order valence-electron chi connectivity index (χ0n) is 6.55. The molecule has 10 heavy (non-hydrogen) atoms. The molecule has 1 fully saturated rings. The van der Waals surface area contributed by atoms with Crippen LogP contribution in [0.3, 0.4) is 0 Å². The van der Waals surface area contributed by atoms with Crippen LogP contribution < -0.4 is 5.32 Å². The maximum Gasteiger partial charge on any atom is 0.237 e. The average molecular weight is 142 g/mol. The fraction of sp³-hybridized carbons (Fsp3) is 0.857. The summed E-state index contributed by atoms with van der Waals surface area (Å²) in [6.07, 6.45) is 2.16. The molecule has 0 aromatic heterocycles. The number of carbonyl (C=O) groups excluding carboxylic acids is 1. The number of amides is 1. The van der Waals surface area contributed by atoms with Crippen molar-refractivity contribution in [3.8, 4) is 0 Å². The SMILES string of the molecule is CNC(=O)C1CCCN1C. The summed E-state index contributed by atoms with van der Waals surface area (Å²) in [5.41, 5.74) is 0. The summed E-state index contributed by atoms with van der Waals surface area (Å²) in [6.45, 7) is 1.05. The van der Waals surface area contributed by atoms with Crippen molar-refractivity contribution in [2.24, 2.45) is 0 Å². The lowest BCUT2D eigenvalue weighted by Gasteiger charge is -2.16. The molecule has 0 radical (unpaired) electrons. The van der Waals surface area contributed by atoms with E-state index in [1.807, 2.05) is 7.05 Å². The molecule has 0 bridgehead atoms. The Hall–Kier alpha value is -0.570. The highest BCUT2D eigenvalue weighted by molar-refractivity contribution is 5.81. The Balaban J connectivity index is 2.46. The maximum atomic E-state index is 11.1. The summed E-state index contributed by atoms with van der Waals surface area (Å²) in [6, 6.07) is 0.130. The van der Waals surface area contributed by atoms with Gasteiger partial charge in [-0.3, -0.25) is 9.69 Å². The first-order valence-electron chi connectivity index (χ1n) is 3.67. The largest absolute Gasteiger partial charge is 0.358 e. The Morgan fingerprint density at radius 1 is 1.70 bits per heavy atom. The molecule has 1 atom stereocenters. The van der Waals surface area contributed by atoms with Crippen LogP contribution in [0.2, 0.25) is 0 Å². The van der Waals surface area contributed by atoms with E-state index in [1.165, 1.54) is 0 Å². The van der Waals surface area contributed by atoms with E-state index in [2.05, 4.69) is 10.2 Å². The summed E-state index contributed by atoms with van der Waals surface area (Å²) < 4.78 is 0. The van der Waals surface area contributed by atoms with Crippen LogP contribution >= 0.6 is 0 Å². The van der Waals surface area contributed by atoms with Gasteiger partial charge in [-0.05, 0) is 26.4 Å². The van der Waals surface area contributed by atoms with Crippen molar-refractivity contribution >= 4 is 5.91 Å². The molecule has 1 aliphatic rings. The Kier molecular flexibility index (Phi) is 2.27. The second kappa shape index (κ2) is 3.01. The number of carbonyl (C=O) groups is 1. The van der Waals surface area contributed by atoms with Gasteiger partial charge in [0, 0.05) is 7.05 Å². The quantitative estimate of drug-likeness (QED) is 0.551. The summed E-state index contributed by atoms with van der Waals surface area (Å²) >= 11 is 0. The molecule has 1 aliphatic heterocycles. The van der Waals surface area contributed by atoms with Gasteiger partial charge >= 0.3 is 0 Å². The van der Waals surface area contributed by atoms with Gasteiger partial charge in [0.25, 0.3) is 0 Å². The Labute approximate surface area is 61.4 Å². The van der Waals surface area contributed by atoms with Gasteiger partial charge in [0.05, 0.1) is 6.04 Å². The predicted molar refractivity (Wildman–Crippen MR) is 39.7 cm³/mol. The van der Waals surface area contributed by atoms with Crippen LogP contribution in [0.1, 0.15) is 12.8 Å². The van der Waals surface area contributed by atoms with Crippen LogP contribution in [-0.4, -0.2) is 37.5 Å². The molecule has 0 aromatic rings. The fourth-order valence-electron chi connectivity index (χ4n) is 1.41. The fourth-order valence-corrected chi connectivity index (χ4v) is 1.41. The monoisotopic (exact) mass is 142 g/mol. The van der Waals surface area contributed by atoms with Crippen LogP contribution in [0.15, 0.2) is 0 Å². The summed E-state index contributed by atoms with van der Waals surface area (Å²) in [5, 5.41) is 2.66. The van der Waals surface area contributed by atoms with Crippen LogP contribution in [0.5, 0.6) is 0 Å². The van der Waals surface area contributed by atoms with E-state index in [0.717, 1.165) is 19.4 Å². The molecular formula is C7H14N2O. The van der Waals surface area contributed by atoms with E-state index >= 15 is 0 Å². The van der Waals surface area contributed by atoms with Gasteiger partial charge in [0.15, 0.2) is 0 Å². The number of nitrogens with one attached hydrogen (secondary N) is 1. The molecule has 0 spiro atoms.